The Bertz CT molecular complexity index is 355. The summed E-state index contributed by atoms with van der Waals surface area (Å²) in [6, 6.07) is 0. The molecule has 0 aliphatic heterocycles. The van der Waals surface area contributed by atoms with Gasteiger partial charge in [-0.1, -0.05) is 24.4 Å². The van der Waals surface area contributed by atoms with Crippen LogP contribution in [0.15, 0.2) is 6.20 Å². The summed E-state index contributed by atoms with van der Waals surface area (Å²) in [4.78, 5) is 8.25. The van der Waals surface area contributed by atoms with E-state index in [1.165, 1.54) is 12.8 Å². The molecule has 5 heteroatoms. The summed E-state index contributed by atoms with van der Waals surface area (Å²) in [5.74, 6) is 1.90. The summed E-state index contributed by atoms with van der Waals surface area (Å²) in [5, 5.41) is 3.50. The fraction of sp³-hybridized carbons (Fsp3) is 0.636. The summed E-state index contributed by atoms with van der Waals surface area (Å²) < 4.78 is 5.55. The molecule has 1 heterocycles. The van der Waals surface area contributed by atoms with E-state index in [2.05, 4.69) is 15.3 Å². The Morgan fingerprint density at radius 3 is 3.06 bits per heavy atom. The highest BCUT2D eigenvalue weighted by Crippen LogP contribution is 2.32. The molecule has 0 atom stereocenters. The van der Waals surface area contributed by atoms with E-state index < -0.39 is 0 Å². The van der Waals surface area contributed by atoms with Gasteiger partial charge < -0.3 is 10.1 Å². The molecule has 1 aliphatic carbocycles. The first-order chi connectivity index (χ1) is 7.79. The largest absolute Gasteiger partial charge is 0.476 e. The third-order valence-electron chi connectivity index (χ3n) is 2.51. The highest BCUT2D eigenvalue weighted by Gasteiger charge is 2.21. The second-order valence-electron chi connectivity index (χ2n) is 3.96. The molecule has 16 heavy (non-hydrogen) atoms. The van der Waals surface area contributed by atoms with Gasteiger partial charge in [0, 0.05) is 6.54 Å². The van der Waals surface area contributed by atoms with Gasteiger partial charge in [0.15, 0.2) is 0 Å². The minimum Gasteiger partial charge on any atom is -0.476 e. The van der Waals surface area contributed by atoms with Crippen LogP contribution in [0.4, 0.5) is 5.95 Å². The summed E-state index contributed by atoms with van der Waals surface area (Å²) in [6.07, 6.45) is 5.34. The molecule has 0 radical (unpaired) electrons. The predicted octanol–water partition coefficient (Wildman–Crippen LogP) is 2.74. The lowest BCUT2D eigenvalue weighted by Gasteiger charge is -2.08. The summed E-state index contributed by atoms with van der Waals surface area (Å²) in [6.45, 7) is 3.46. The number of halogens is 1. The van der Waals surface area contributed by atoms with Crippen molar-refractivity contribution in [3.63, 3.8) is 0 Å². The lowest BCUT2D eigenvalue weighted by Crippen LogP contribution is -2.05. The Morgan fingerprint density at radius 1 is 1.56 bits per heavy atom. The maximum absolute atomic E-state index is 5.95. The number of nitrogens with zero attached hydrogens (tertiary/aromatic N) is 2. The van der Waals surface area contributed by atoms with Crippen molar-refractivity contribution < 1.29 is 4.74 Å². The average Bonchev–Trinajstić information content (AvgIpc) is 3.07. The summed E-state index contributed by atoms with van der Waals surface area (Å²) in [7, 11) is 0. The van der Waals surface area contributed by atoms with E-state index in [0.29, 0.717) is 23.5 Å². The summed E-state index contributed by atoms with van der Waals surface area (Å²) in [5.41, 5.74) is 0. The van der Waals surface area contributed by atoms with Crippen molar-refractivity contribution in [2.75, 3.05) is 18.5 Å². The van der Waals surface area contributed by atoms with E-state index in [1.54, 1.807) is 6.20 Å². The minimum atomic E-state index is 0.470. The van der Waals surface area contributed by atoms with Gasteiger partial charge in [0.05, 0.1) is 12.8 Å². The Balaban J connectivity index is 1.91. The minimum absolute atomic E-state index is 0.470. The molecular weight excluding hydrogens is 226 g/mol. The number of aromatic nitrogens is 2. The van der Waals surface area contributed by atoms with E-state index >= 15 is 0 Å². The zero-order valence-corrected chi connectivity index (χ0v) is 10.1. The number of nitrogens with one attached hydrogen (secondary N) is 1. The Kier molecular flexibility index (Phi) is 3.83. The maximum Gasteiger partial charge on any atom is 0.237 e. The first kappa shape index (κ1) is 11.5. The number of ether oxygens (including phenoxy) is 1. The Labute approximate surface area is 100 Å². The highest BCUT2D eigenvalue weighted by molar-refractivity contribution is 6.31. The smallest absolute Gasteiger partial charge is 0.237 e. The molecular formula is C11H16ClN3O. The van der Waals surface area contributed by atoms with Crippen molar-refractivity contribution in [2.24, 2.45) is 5.92 Å². The standard InChI is InChI=1S/C11H16ClN3O/c1-2-13-11-14-7-9(12)10(15-11)16-6-5-8-3-4-8/h7-8H,2-6H2,1H3,(H,13,14,15). The first-order valence-electron chi connectivity index (χ1n) is 5.68. The number of rotatable bonds is 6. The molecule has 1 aromatic heterocycles. The van der Waals surface area contributed by atoms with Crippen LogP contribution in [-0.4, -0.2) is 23.1 Å². The number of anilines is 1. The molecule has 1 aliphatic rings. The van der Waals surface area contributed by atoms with Gasteiger partial charge in [0.1, 0.15) is 5.02 Å². The molecule has 2 rings (SSSR count). The fourth-order valence-electron chi connectivity index (χ4n) is 1.42. The molecule has 1 aromatic rings. The van der Waals surface area contributed by atoms with Gasteiger partial charge in [-0.25, -0.2) is 4.98 Å². The third-order valence-corrected chi connectivity index (χ3v) is 2.77. The third kappa shape index (κ3) is 3.23. The second kappa shape index (κ2) is 5.34. The SMILES string of the molecule is CCNc1ncc(Cl)c(OCCC2CC2)n1. The molecule has 88 valence electrons. The fourth-order valence-corrected chi connectivity index (χ4v) is 1.57. The zero-order chi connectivity index (χ0) is 11.4. The highest BCUT2D eigenvalue weighted by atomic mass is 35.5. The van der Waals surface area contributed by atoms with Crippen LogP contribution in [0, 0.1) is 5.92 Å². The van der Waals surface area contributed by atoms with Crippen molar-refractivity contribution in [3.05, 3.63) is 11.2 Å². The normalized spacial score (nSPS) is 14.9. The van der Waals surface area contributed by atoms with E-state index in [4.69, 9.17) is 16.3 Å². The molecule has 0 spiro atoms. The van der Waals surface area contributed by atoms with Crippen molar-refractivity contribution in [3.8, 4) is 5.88 Å². The average molecular weight is 242 g/mol. The lowest BCUT2D eigenvalue weighted by atomic mass is 10.3. The van der Waals surface area contributed by atoms with Gasteiger partial charge in [-0.3, -0.25) is 0 Å². The molecule has 1 N–H and O–H groups in total. The predicted molar refractivity (Wildman–Crippen MR) is 64.0 cm³/mol. The van der Waals surface area contributed by atoms with E-state index in [9.17, 15) is 0 Å². The first-order valence-corrected chi connectivity index (χ1v) is 6.06. The van der Waals surface area contributed by atoms with Crippen molar-refractivity contribution in [1.29, 1.82) is 0 Å². The van der Waals surface area contributed by atoms with Crippen LogP contribution in [0.1, 0.15) is 26.2 Å². The van der Waals surface area contributed by atoms with Crippen LogP contribution in [0.5, 0.6) is 5.88 Å². The number of hydrogen-bond acceptors (Lipinski definition) is 4. The van der Waals surface area contributed by atoms with E-state index in [0.717, 1.165) is 18.9 Å². The number of hydrogen-bond donors (Lipinski definition) is 1. The van der Waals surface area contributed by atoms with Gasteiger partial charge in [-0.2, -0.15) is 4.98 Å². The zero-order valence-electron chi connectivity index (χ0n) is 9.37. The van der Waals surface area contributed by atoms with Crippen molar-refractivity contribution in [1.82, 2.24) is 9.97 Å². The molecule has 1 saturated carbocycles. The Morgan fingerprint density at radius 2 is 2.38 bits per heavy atom. The van der Waals surface area contributed by atoms with E-state index in [-0.39, 0.29) is 0 Å². The molecule has 1 fully saturated rings. The summed E-state index contributed by atoms with van der Waals surface area (Å²) >= 11 is 5.95. The topological polar surface area (TPSA) is 47.0 Å². The van der Waals surface area contributed by atoms with Gasteiger partial charge in [-0.05, 0) is 19.3 Å². The molecule has 0 aromatic carbocycles. The Hall–Kier alpha value is -1.03. The lowest BCUT2D eigenvalue weighted by molar-refractivity contribution is 0.291. The molecule has 0 saturated heterocycles. The molecule has 0 amide bonds. The maximum atomic E-state index is 5.95. The van der Waals surface area contributed by atoms with Crippen LogP contribution < -0.4 is 10.1 Å². The van der Waals surface area contributed by atoms with Crippen LogP contribution in [-0.2, 0) is 0 Å². The monoisotopic (exact) mass is 241 g/mol. The molecule has 4 nitrogen and oxygen atoms in total. The van der Waals surface area contributed by atoms with Crippen LogP contribution in [0.2, 0.25) is 5.02 Å². The van der Waals surface area contributed by atoms with Gasteiger partial charge in [0.2, 0.25) is 11.8 Å². The van der Waals surface area contributed by atoms with E-state index in [1.807, 2.05) is 6.92 Å². The van der Waals surface area contributed by atoms with Crippen LogP contribution >= 0.6 is 11.6 Å². The van der Waals surface area contributed by atoms with Gasteiger partial charge >= 0.3 is 0 Å². The molecule has 0 bridgehead atoms. The van der Waals surface area contributed by atoms with Gasteiger partial charge in [0.25, 0.3) is 0 Å². The van der Waals surface area contributed by atoms with Gasteiger partial charge in [-0.15, -0.1) is 0 Å². The van der Waals surface area contributed by atoms with Crippen LogP contribution in [0.3, 0.4) is 0 Å². The van der Waals surface area contributed by atoms with Crippen molar-refractivity contribution in [2.45, 2.75) is 26.2 Å². The van der Waals surface area contributed by atoms with Crippen LogP contribution in [0.25, 0.3) is 0 Å². The van der Waals surface area contributed by atoms with Crippen molar-refractivity contribution >= 4 is 17.5 Å². The quantitative estimate of drug-likeness (QED) is 0.832. The molecule has 0 unspecified atom stereocenters. The second-order valence-corrected chi connectivity index (χ2v) is 4.36.